The van der Waals surface area contributed by atoms with Gasteiger partial charge in [0.05, 0.1) is 5.41 Å². The summed E-state index contributed by atoms with van der Waals surface area (Å²) >= 11 is 0. The van der Waals surface area contributed by atoms with Crippen molar-refractivity contribution in [3.63, 3.8) is 0 Å². The minimum Gasteiger partial charge on any atom is -0.475 e. The third-order valence-corrected chi connectivity index (χ3v) is 5.57. The van der Waals surface area contributed by atoms with Gasteiger partial charge in [-0.05, 0) is 36.6 Å². The van der Waals surface area contributed by atoms with Crippen molar-refractivity contribution in [1.82, 2.24) is 9.88 Å². The van der Waals surface area contributed by atoms with E-state index in [0.717, 1.165) is 11.3 Å². The molecule has 3 heterocycles. The first kappa shape index (κ1) is 22.3. The van der Waals surface area contributed by atoms with Crippen LogP contribution in [0.4, 0.5) is 18.9 Å². The first-order valence-electron chi connectivity index (χ1n) is 9.45. The number of fused-ring (bicyclic) bond motifs is 2. The van der Waals surface area contributed by atoms with Crippen molar-refractivity contribution >= 4 is 23.5 Å². The van der Waals surface area contributed by atoms with Gasteiger partial charge in [0.1, 0.15) is 0 Å². The molecule has 164 valence electrons. The van der Waals surface area contributed by atoms with E-state index in [0.29, 0.717) is 31.5 Å². The summed E-state index contributed by atoms with van der Waals surface area (Å²) in [7, 11) is 1.84. The second-order valence-electron chi connectivity index (χ2n) is 7.29. The molecule has 0 atom stereocenters. The monoisotopic (exact) mass is 435 g/mol. The van der Waals surface area contributed by atoms with E-state index in [1.165, 1.54) is 0 Å². The molecule has 2 aromatic rings. The number of carbonyl (C=O) groups excluding carboxylic acids is 2. The lowest BCUT2D eigenvalue weighted by Crippen LogP contribution is -2.49. The number of anilines is 1. The third-order valence-electron chi connectivity index (χ3n) is 5.57. The van der Waals surface area contributed by atoms with Crippen LogP contribution in [0.5, 0.6) is 0 Å². The minimum atomic E-state index is -5.08. The highest BCUT2D eigenvalue weighted by molar-refractivity contribution is 6.08. The number of benzene rings is 1. The van der Waals surface area contributed by atoms with Gasteiger partial charge in [-0.3, -0.25) is 14.6 Å². The van der Waals surface area contributed by atoms with Crippen molar-refractivity contribution in [2.75, 3.05) is 25.0 Å². The number of aromatic nitrogens is 1. The van der Waals surface area contributed by atoms with Crippen LogP contribution in [0.15, 0.2) is 48.8 Å². The second kappa shape index (κ2) is 8.37. The Morgan fingerprint density at radius 1 is 1.06 bits per heavy atom. The fraction of sp³-hybridized carbons (Fsp3) is 0.333. The number of para-hydroxylation sites is 1. The van der Waals surface area contributed by atoms with E-state index in [1.54, 1.807) is 29.4 Å². The summed E-state index contributed by atoms with van der Waals surface area (Å²) in [6, 6.07) is 11.5. The molecule has 0 bridgehead atoms. The maximum atomic E-state index is 12.9. The zero-order chi connectivity index (χ0) is 22.8. The zero-order valence-electron chi connectivity index (χ0n) is 16.6. The van der Waals surface area contributed by atoms with Crippen molar-refractivity contribution in [2.45, 2.75) is 24.4 Å². The predicted molar refractivity (Wildman–Crippen MR) is 105 cm³/mol. The lowest BCUT2D eigenvalue weighted by molar-refractivity contribution is -0.192. The lowest BCUT2D eigenvalue weighted by Gasteiger charge is -2.38. The van der Waals surface area contributed by atoms with Gasteiger partial charge in [-0.25, -0.2) is 4.79 Å². The highest BCUT2D eigenvalue weighted by atomic mass is 19.4. The average molecular weight is 435 g/mol. The van der Waals surface area contributed by atoms with Crippen molar-refractivity contribution < 1.29 is 32.7 Å². The van der Waals surface area contributed by atoms with Gasteiger partial charge in [-0.15, -0.1) is 0 Å². The molecule has 2 aliphatic heterocycles. The standard InChI is InChI=1S/C19H19N3O2.C2HF3O2/c1-21-16-5-3-2-4-15(16)19(18(21)24)8-12-22(13-9-19)17(23)14-6-10-20-11-7-14;3-2(4,5)1(6)7/h2-7,10-11H,8-9,12-13H2,1H3;(H,6,7). The number of carboxylic acids is 1. The number of nitrogens with zero attached hydrogens (tertiary/aromatic N) is 3. The van der Waals surface area contributed by atoms with Crippen LogP contribution in [-0.4, -0.2) is 59.1 Å². The lowest BCUT2D eigenvalue weighted by atomic mass is 9.73. The molecule has 0 saturated carbocycles. The Labute approximate surface area is 176 Å². The number of piperidine rings is 1. The highest BCUT2D eigenvalue weighted by Gasteiger charge is 2.51. The van der Waals surface area contributed by atoms with E-state index >= 15 is 0 Å². The van der Waals surface area contributed by atoms with E-state index in [2.05, 4.69) is 11.1 Å². The number of hydrogen-bond donors (Lipinski definition) is 1. The van der Waals surface area contributed by atoms with Gasteiger partial charge in [0, 0.05) is 43.8 Å². The number of hydrogen-bond acceptors (Lipinski definition) is 4. The molecular formula is C21H20F3N3O4. The molecule has 2 aliphatic rings. The van der Waals surface area contributed by atoms with Crippen LogP contribution in [0.1, 0.15) is 28.8 Å². The number of halogens is 3. The minimum absolute atomic E-state index is 0.0133. The number of amides is 2. The van der Waals surface area contributed by atoms with Crippen LogP contribution in [0, 0.1) is 0 Å². The Morgan fingerprint density at radius 2 is 1.61 bits per heavy atom. The molecule has 0 aliphatic carbocycles. The molecule has 1 aromatic carbocycles. The van der Waals surface area contributed by atoms with Crippen molar-refractivity contribution in [3.8, 4) is 0 Å². The van der Waals surface area contributed by atoms with Gasteiger partial charge in [0.25, 0.3) is 5.91 Å². The SMILES string of the molecule is CN1C(=O)C2(CCN(C(=O)c3ccncc3)CC2)c2ccccc21.O=C(O)C(F)(F)F. The van der Waals surface area contributed by atoms with Gasteiger partial charge in [0.2, 0.25) is 5.91 Å². The van der Waals surface area contributed by atoms with Crippen LogP contribution in [0.2, 0.25) is 0 Å². The average Bonchev–Trinajstić information content (AvgIpc) is 2.97. The van der Waals surface area contributed by atoms with Crippen molar-refractivity contribution in [2.24, 2.45) is 0 Å². The summed E-state index contributed by atoms with van der Waals surface area (Å²) in [5.41, 5.74) is 2.28. The van der Waals surface area contributed by atoms with E-state index in [4.69, 9.17) is 9.90 Å². The number of carboxylic acid groups (broad SMARTS) is 1. The van der Waals surface area contributed by atoms with E-state index in [1.807, 2.05) is 30.1 Å². The first-order chi connectivity index (χ1) is 14.6. The number of alkyl halides is 3. The molecule has 0 radical (unpaired) electrons. The highest BCUT2D eigenvalue weighted by Crippen LogP contribution is 2.47. The largest absolute Gasteiger partial charge is 0.490 e. The number of likely N-dealkylation sites (tertiary alicyclic amines) is 1. The number of pyridine rings is 1. The van der Waals surface area contributed by atoms with Crippen molar-refractivity contribution in [1.29, 1.82) is 0 Å². The van der Waals surface area contributed by atoms with Crippen molar-refractivity contribution in [3.05, 3.63) is 59.9 Å². The smallest absolute Gasteiger partial charge is 0.475 e. The van der Waals surface area contributed by atoms with Gasteiger partial charge in [0.15, 0.2) is 0 Å². The predicted octanol–water partition coefficient (Wildman–Crippen LogP) is 2.87. The Kier molecular flexibility index (Phi) is 6.01. The molecule has 1 aromatic heterocycles. The summed E-state index contributed by atoms with van der Waals surface area (Å²) in [5, 5.41) is 7.12. The Morgan fingerprint density at radius 3 is 2.16 bits per heavy atom. The molecule has 4 rings (SSSR count). The van der Waals surface area contributed by atoms with Crippen LogP contribution < -0.4 is 4.90 Å². The number of rotatable bonds is 1. The third kappa shape index (κ3) is 4.23. The topological polar surface area (TPSA) is 90.8 Å². The molecule has 1 spiro atoms. The first-order valence-corrected chi connectivity index (χ1v) is 9.45. The summed E-state index contributed by atoms with van der Waals surface area (Å²) in [5.74, 6) is -2.59. The summed E-state index contributed by atoms with van der Waals surface area (Å²) in [6.45, 7) is 1.18. The van der Waals surface area contributed by atoms with Gasteiger partial charge in [-0.1, -0.05) is 18.2 Å². The van der Waals surface area contributed by atoms with Crippen LogP contribution in [0.3, 0.4) is 0 Å². The molecule has 10 heteroatoms. The van der Waals surface area contributed by atoms with Crippen LogP contribution in [0.25, 0.3) is 0 Å². The van der Waals surface area contributed by atoms with E-state index in [-0.39, 0.29) is 11.8 Å². The van der Waals surface area contributed by atoms with Gasteiger partial charge >= 0.3 is 12.1 Å². The molecule has 2 amide bonds. The molecule has 1 fully saturated rings. The normalized spacial score (nSPS) is 17.1. The van der Waals surface area contributed by atoms with Crippen LogP contribution >= 0.6 is 0 Å². The molecule has 7 nitrogen and oxygen atoms in total. The second-order valence-corrected chi connectivity index (χ2v) is 7.29. The molecule has 0 unspecified atom stereocenters. The maximum absolute atomic E-state index is 12.9. The Bertz CT molecular complexity index is 987. The number of carbonyl (C=O) groups is 3. The Hall–Kier alpha value is -3.43. The molecule has 1 N–H and O–H groups in total. The summed E-state index contributed by atoms with van der Waals surface area (Å²) in [6.07, 6.45) is -0.483. The quantitative estimate of drug-likeness (QED) is 0.744. The fourth-order valence-electron chi connectivity index (χ4n) is 3.97. The summed E-state index contributed by atoms with van der Waals surface area (Å²) in [4.78, 5) is 41.9. The number of aliphatic carboxylic acids is 1. The van der Waals surface area contributed by atoms with E-state index in [9.17, 15) is 22.8 Å². The zero-order valence-corrected chi connectivity index (χ0v) is 16.6. The van der Waals surface area contributed by atoms with Gasteiger partial charge < -0.3 is 14.9 Å². The Balaban J connectivity index is 0.000000339. The molecular weight excluding hydrogens is 415 g/mol. The summed E-state index contributed by atoms with van der Waals surface area (Å²) < 4.78 is 31.7. The number of likely N-dealkylation sites (N-methyl/N-ethyl adjacent to an activating group) is 1. The fourth-order valence-corrected chi connectivity index (χ4v) is 3.97. The van der Waals surface area contributed by atoms with Gasteiger partial charge in [-0.2, -0.15) is 13.2 Å². The van der Waals surface area contributed by atoms with Crippen LogP contribution in [-0.2, 0) is 15.0 Å². The molecule has 31 heavy (non-hydrogen) atoms. The maximum Gasteiger partial charge on any atom is 0.490 e. The molecule has 1 saturated heterocycles. The van der Waals surface area contributed by atoms with E-state index < -0.39 is 17.6 Å².